The van der Waals surface area contributed by atoms with Gasteiger partial charge in [-0.3, -0.25) is 4.79 Å². The lowest BCUT2D eigenvalue weighted by Crippen LogP contribution is -2.37. The van der Waals surface area contributed by atoms with Crippen LogP contribution in [-0.2, 0) is 16.4 Å². The van der Waals surface area contributed by atoms with Crippen LogP contribution in [0.2, 0.25) is 0 Å². The van der Waals surface area contributed by atoms with Gasteiger partial charge in [0.2, 0.25) is 10.0 Å². The number of nitrogens with zero attached hydrogens (tertiary/aromatic N) is 1. The summed E-state index contributed by atoms with van der Waals surface area (Å²) in [5.74, 6) is -0.432. The largest absolute Gasteiger partial charge is 0.493 e. The van der Waals surface area contributed by atoms with Gasteiger partial charge >= 0.3 is 6.61 Å². The second-order valence-corrected chi connectivity index (χ2v) is 9.24. The summed E-state index contributed by atoms with van der Waals surface area (Å²) >= 11 is 0. The Bertz CT molecular complexity index is 1040. The van der Waals surface area contributed by atoms with E-state index in [0.29, 0.717) is 25.1 Å². The van der Waals surface area contributed by atoms with E-state index in [2.05, 4.69) is 10.1 Å². The van der Waals surface area contributed by atoms with Crippen molar-refractivity contribution >= 4 is 15.9 Å². The maximum atomic E-state index is 13.1. The van der Waals surface area contributed by atoms with E-state index in [9.17, 15) is 22.0 Å². The summed E-state index contributed by atoms with van der Waals surface area (Å²) < 4.78 is 62.2. The second kappa shape index (κ2) is 10.7. The number of alkyl halides is 2. The number of hydrogen-bond donors (Lipinski definition) is 1. The maximum absolute atomic E-state index is 13.1. The van der Waals surface area contributed by atoms with Crippen molar-refractivity contribution in [3.05, 3.63) is 53.6 Å². The Kier molecular flexibility index (Phi) is 8.03. The molecule has 1 fully saturated rings. The van der Waals surface area contributed by atoms with E-state index in [1.54, 1.807) is 18.2 Å². The van der Waals surface area contributed by atoms with Gasteiger partial charge < -0.3 is 14.8 Å². The van der Waals surface area contributed by atoms with Gasteiger partial charge in [0, 0.05) is 19.6 Å². The van der Waals surface area contributed by atoms with Crippen LogP contribution in [0.5, 0.6) is 11.5 Å². The topological polar surface area (TPSA) is 84.9 Å². The first-order valence-corrected chi connectivity index (χ1v) is 11.8. The van der Waals surface area contributed by atoms with E-state index in [1.807, 2.05) is 0 Å². The van der Waals surface area contributed by atoms with Gasteiger partial charge in [-0.1, -0.05) is 24.6 Å². The Morgan fingerprint density at radius 3 is 2.50 bits per heavy atom. The van der Waals surface area contributed by atoms with Crippen LogP contribution in [-0.4, -0.2) is 52.0 Å². The highest BCUT2D eigenvalue weighted by Crippen LogP contribution is 2.29. The first kappa shape index (κ1) is 23.9. The summed E-state index contributed by atoms with van der Waals surface area (Å²) in [6, 6.07) is 10.7. The summed E-state index contributed by atoms with van der Waals surface area (Å²) in [7, 11) is -2.42. The van der Waals surface area contributed by atoms with Crippen molar-refractivity contribution in [2.45, 2.75) is 37.2 Å². The number of halogens is 2. The van der Waals surface area contributed by atoms with Gasteiger partial charge in [-0.05, 0) is 49.1 Å². The second-order valence-electron chi connectivity index (χ2n) is 7.33. The van der Waals surface area contributed by atoms with Crippen LogP contribution in [0.15, 0.2) is 47.4 Å². The first-order chi connectivity index (χ1) is 15.3. The lowest BCUT2D eigenvalue weighted by atomic mass is 10.1. The van der Waals surface area contributed by atoms with E-state index in [-0.39, 0.29) is 28.5 Å². The van der Waals surface area contributed by atoms with E-state index in [1.165, 1.54) is 35.7 Å². The van der Waals surface area contributed by atoms with Crippen LogP contribution in [0, 0.1) is 0 Å². The highest BCUT2D eigenvalue weighted by atomic mass is 32.2. The molecule has 1 heterocycles. The number of carbonyl (C=O) groups excluding carboxylic acids is 1. The number of nitrogens with one attached hydrogen (secondary N) is 1. The maximum Gasteiger partial charge on any atom is 0.387 e. The molecule has 2 aromatic rings. The summed E-state index contributed by atoms with van der Waals surface area (Å²) in [5, 5.41) is 2.71. The van der Waals surface area contributed by atoms with Gasteiger partial charge in [-0.15, -0.1) is 0 Å². The minimum atomic E-state index is -3.77. The molecule has 0 atom stereocenters. The predicted molar refractivity (Wildman–Crippen MR) is 115 cm³/mol. The predicted octanol–water partition coefficient (Wildman–Crippen LogP) is 3.44. The van der Waals surface area contributed by atoms with Gasteiger partial charge in [0.15, 0.2) is 11.5 Å². The molecule has 3 rings (SSSR count). The summed E-state index contributed by atoms with van der Waals surface area (Å²) in [6.07, 6.45) is 2.92. The van der Waals surface area contributed by atoms with Gasteiger partial charge in [0.25, 0.3) is 5.91 Å². The van der Waals surface area contributed by atoms with E-state index in [4.69, 9.17) is 4.74 Å². The Morgan fingerprint density at radius 2 is 1.81 bits per heavy atom. The van der Waals surface area contributed by atoms with Crippen molar-refractivity contribution in [1.82, 2.24) is 9.62 Å². The number of methoxy groups -OCH3 is 1. The van der Waals surface area contributed by atoms with Crippen LogP contribution in [0.1, 0.15) is 35.2 Å². The van der Waals surface area contributed by atoms with E-state index in [0.717, 1.165) is 19.3 Å². The molecule has 0 aliphatic carbocycles. The Morgan fingerprint density at radius 1 is 1.09 bits per heavy atom. The number of sulfonamides is 1. The molecule has 0 saturated carbocycles. The number of benzene rings is 2. The fourth-order valence-corrected chi connectivity index (χ4v) is 5.31. The minimum Gasteiger partial charge on any atom is -0.493 e. The van der Waals surface area contributed by atoms with Crippen molar-refractivity contribution in [1.29, 1.82) is 0 Å². The van der Waals surface area contributed by atoms with Crippen molar-refractivity contribution in [3.63, 3.8) is 0 Å². The molecule has 0 bridgehead atoms. The standard InChI is InChI=1S/C22H26F2N2O5S/c1-30-18-10-9-16(15-19(18)31-22(23)24)11-12-25-21(27)17-7-3-4-8-20(17)32(28,29)26-13-5-2-6-14-26/h3-4,7-10,15,22H,2,5-6,11-14H2,1H3,(H,25,27). The zero-order valence-electron chi connectivity index (χ0n) is 17.7. The molecule has 32 heavy (non-hydrogen) atoms. The number of ether oxygens (including phenoxy) is 2. The molecule has 0 unspecified atom stereocenters. The molecule has 7 nitrogen and oxygen atoms in total. The molecular formula is C22H26F2N2O5S. The molecule has 0 spiro atoms. The highest BCUT2D eigenvalue weighted by Gasteiger charge is 2.29. The molecule has 10 heteroatoms. The average Bonchev–Trinajstić information content (AvgIpc) is 2.79. The van der Waals surface area contributed by atoms with Crippen molar-refractivity contribution in [3.8, 4) is 11.5 Å². The third-order valence-electron chi connectivity index (χ3n) is 5.21. The third-order valence-corrected chi connectivity index (χ3v) is 7.16. The lowest BCUT2D eigenvalue weighted by molar-refractivity contribution is -0.0512. The molecule has 0 radical (unpaired) electrons. The number of rotatable bonds is 9. The molecular weight excluding hydrogens is 442 g/mol. The van der Waals surface area contributed by atoms with Crippen LogP contribution >= 0.6 is 0 Å². The van der Waals surface area contributed by atoms with Crippen molar-refractivity contribution in [2.24, 2.45) is 0 Å². The summed E-state index contributed by atoms with van der Waals surface area (Å²) in [4.78, 5) is 12.7. The van der Waals surface area contributed by atoms with Gasteiger partial charge in [-0.25, -0.2) is 8.42 Å². The zero-order valence-corrected chi connectivity index (χ0v) is 18.5. The number of piperidine rings is 1. The normalized spacial score (nSPS) is 14.9. The average molecular weight is 469 g/mol. The van der Waals surface area contributed by atoms with Crippen LogP contribution < -0.4 is 14.8 Å². The van der Waals surface area contributed by atoms with E-state index < -0.39 is 22.5 Å². The summed E-state index contributed by atoms with van der Waals surface area (Å²) in [5.41, 5.74) is 0.727. The molecule has 1 aliphatic rings. The monoisotopic (exact) mass is 468 g/mol. The van der Waals surface area contributed by atoms with Crippen LogP contribution in [0.3, 0.4) is 0 Å². The van der Waals surface area contributed by atoms with Crippen LogP contribution in [0.25, 0.3) is 0 Å². The zero-order chi connectivity index (χ0) is 23.1. The summed E-state index contributed by atoms with van der Waals surface area (Å²) in [6.45, 7) is -1.92. The van der Waals surface area contributed by atoms with Crippen molar-refractivity contribution in [2.75, 3.05) is 26.7 Å². The smallest absolute Gasteiger partial charge is 0.387 e. The molecule has 1 saturated heterocycles. The molecule has 2 aromatic carbocycles. The number of amides is 1. The number of hydrogen-bond acceptors (Lipinski definition) is 5. The van der Waals surface area contributed by atoms with Crippen molar-refractivity contribution < 1.29 is 31.5 Å². The molecule has 1 amide bonds. The third kappa shape index (κ3) is 5.74. The minimum absolute atomic E-state index is 0.0172. The fraction of sp³-hybridized carbons (Fsp3) is 0.409. The SMILES string of the molecule is COc1ccc(CCNC(=O)c2ccccc2S(=O)(=O)N2CCCCC2)cc1OC(F)F. The van der Waals surface area contributed by atoms with Gasteiger partial charge in [0.1, 0.15) is 0 Å². The Balaban J connectivity index is 1.69. The Hall–Kier alpha value is -2.72. The molecule has 1 aliphatic heterocycles. The molecule has 174 valence electrons. The fourth-order valence-electron chi connectivity index (χ4n) is 3.60. The number of carbonyl (C=O) groups is 1. The van der Waals surface area contributed by atoms with Gasteiger partial charge in [0.05, 0.1) is 17.6 Å². The highest BCUT2D eigenvalue weighted by molar-refractivity contribution is 7.89. The Labute approximate surface area is 186 Å². The molecule has 1 N–H and O–H groups in total. The lowest BCUT2D eigenvalue weighted by Gasteiger charge is -2.26. The van der Waals surface area contributed by atoms with Gasteiger partial charge in [-0.2, -0.15) is 13.1 Å². The molecule has 0 aromatic heterocycles. The van der Waals surface area contributed by atoms with Crippen LogP contribution in [0.4, 0.5) is 8.78 Å². The first-order valence-electron chi connectivity index (χ1n) is 10.3. The van der Waals surface area contributed by atoms with E-state index >= 15 is 0 Å². The quantitative estimate of drug-likeness (QED) is 0.610.